The molecular formula is C21H37IN6. The standard InChI is InChI=1S/C21H36N6.HI/c1-3-22-21(25-17-19-9-8-14-26(19)4-2)24-16-18-10-11-23-20(15-18)27-12-6-5-7-13-27;/h10-11,15,19H,3-9,12-14,16-17H2,1-2H3,(H2,22,24,25);1H. The van der Waals surface area contributed by atoms with E-state index in [1.807, 2.05) is 6.20 Å². The number of nitrogens with one attached hydrogen (secondary N) is 2. The van der Waals surface area contributed by atoms with E-state index in [9.17, 15) is 0 Å². The molecule has 0 saturated carbocycles. The third-order valence-electron chi connectivity index (χ3n) is 5.66. The number of piperidine rings is 1. The number of pyridine rings is 1. The van der Waals surface area contributed by atoms with Crippen LogP contribution in [0.25, 0.3) is 0 Å². The molecule has 0 spiro atoms. The lowest BCUT2D eigenvalue weighted by Crippen LogP contribution is -2.44. The van der Waals surface area contributed by atoms with Crippen molar-refractivity contribution in [2.75, 3.05) is 44.2 Å². The summed E-state index contributed by atoms with van der Waals surface area (Å²) in [4.78, 5) is 14.3. The summed E-state index contributed by atoms with van der Waals surface area (Å²) >= 11 is 0. The smallest absolute Gasteiger partial charge is 0.191 e. The maximum absolute atomic E-state index is 4.81. The number of halogens is 1. The second-order valence-corrected chi connectivity index (χ2v) is 7.57. The fourth-order valence-electron chi connectivity index (χ4n) is 4.12. The first kappa shape index (κ1) is 23.2. The van der Waals surface area contributed by atoms with Crippen molar-refractivity contribution in [1.29, 1.82) is 0 Å². The predicted molar refractivity (Wildman–Crippen MR) is 129 cm³/mol. The molecule has 1 atom stereocenters. The van der Waals surface area contributed by atoms with Crippen molar-refractivity contribution in [3.05, 3.63) is 23.9 Å². The van der Waals surface area contributed by atoms with Crippen molar-refractivity contribution >= 4 is 35.8 Å². The van der Waals surface area contributed by atoms with Crippen LogP contribution in [0.4, 0.5) is 5.82 Å². The molecule has 1 aromatic rings. The number of guanidine groups is 1. The molecular weight excluding hydrogens is 463 g/mol. The lowest BCUT2D eigenvalue weighted by Gasteiger charge is -2.27. The van der Waals surface area contributed by atoms with Crippen molar-refractivity contribution in [2.24, 2.45) is 4.99 Å². The number of nitrogens with zero attached hydrogens (tertiary/aromatic N) is 4. The maximum atomic E-state index is 4.81. The van der Waals surface area contributed by atoms with E-state index in [0.29, 0.717) is 12.6 Å². The predicted octanol–water partition coefficient (Wildman–Crippen LogP) is 3.23. The summed E-state index contributed by atoms with van der Waals surface area (Å²) in [6.45, 7) is 11.5. The Morgan fingerprint density at radius 1 is 1.14 bits per heavy atom. The molecule has 2 aliphatic heterocycles. The Balaban J connectivity index is 0.00000280. The quantitative estimate of drug-likeness (QED) is 0.342. The third-order valence-corrected chi connectivity index (χ3v) is 5.66. The minimum Gasteiger partial charge on any atom is -0.357 e. The largest absolute Gasteiger partial charge is 0.357 e. The zero-order chi connectivity index (χ0) is 18.9. The van der Waals surface area contributed by atoms with Crippen molar-refractivity contribution in [2.45, 2.75) is 58.5 Å². The highest BCUT2D eigenvalue weighted by molar-refractivity contribution is 14.0. The Bertz CT molecular complexity index is 602. The number of likely N-dealkylation sites (tertiary alicyclic amines) is 1. The molecule has 158 valence electrons. The SMILES string of the molecule is CCNC(=NCc1ccnc(N2CCCCC2)c1)NCC1CCCN1CC.I. The van der Waals surface area contributed by atoms with Gasteiger partial charge in [0, 0.05) is 38.4 Å². The van der Waals surface area contributed by atoms with Crippen LogP contribution in [0.15, 0.2) is 23.3 Å². The minimum atomic E-state index is 0. The second kappa shape index (κ2) is 12.5. The molecule has 2 saturated heterocycles. The summed E-state index contributed by atoms with van der Waals surface area (Å²) in [5, 5.41) is 6.93. The number of anilines is 1. The molecule has 1 unspecified atom stereocenters. The van der Waals surface area contributed by atoms with Crippen LogP contribution in [0, 0.1) is 0 Å². The fraction of sp³-hybridized carbons (Fsp3) is 0.714. The van der Waals surface area contributed by atoms with Gasteiger partial charge in [0.05, 0.1) is 6.54 Å². The van der Waals surface area contributed by atoms with Gasteiger partial charge < -0.3 is 15.5 Å². The summed E-state index contributed by atoms with van der Waals surface area (Å²) in [6.07, 6.45) is 8.40. The average Bonchev–Trinajstić information content (AvgIpc) is 3.18. The van der Waals surface area contributed by atoms with Gasteiger partial charge in [0.1, 0.15) is 5.82 Å². The van der Waals surface area contributed by atoms with Crippen molar-refractivity contribution in [3.8, 4) is 0 Å². The lowest BCUT2D eigenvalue weighted by atomic mass is 10.1. The summed E-state index contributed by atoms with van der Waals surface area (Å²) < 4.78 is 0. The topological polar surface area (TPSA) is 55.8 Å². The summed E-state index contributed by atoms with van der Waals surface area (Å²) in [5.74, 6) is 2.02. The Morgan fingerprint density at radius 3 is 2.71 bits per heavy atom. The zero-order valence-electron chi connectivity index (χ0n) is 17.5. The van der Waals surface area contributed by atoms with E-state index >= 15 is 0 Å². The van der Waals surface area contributed by atoms with Gasteiger partial charge in [-0.1, -0.05) is 6.92 Å². The molecule has 0 amide bonds. The molecule has 0 bridgehead atoms. The van der Waals surface area contributed by atoms with Crippen LogP contribution < -0.4 is 15.5 Å². The summed E-state index contributed by atoms with van der Waals surface area (Å²) in [5.41, 5.74) is 1.22. The van der Waals surface area contributed by atoms with Gasteiger partial charge in [-0.05, 0) is 69.8 Å². The molecule has 3 rings (SSSR count). The first-order chi connectivity index (χ1) is 13.3. The van der Waals surface area contributed by atoms with E-state index in [-0.39, 0.29) is 24.0 Å². The Labute approximate surface area is 187 Å². The number of aliphatic imine (C=N–C) groups is 1. The molecule has 0 radical (unpaired) electrons. The number of rotatable bonds is 7. The van der Waals surface area contributed by atoms with Gasteiger partial charge >= 0.3 is 0 Å². The Hall–Kier alpha value is -1.09. The number of hydrogen-bond donors (Lipinski definition) is 2. The van der Waals surface area contributed by atoms with Crippen LogP contribution in [0.2, 0.25) is 0 Å². The monoisotopic (exact) mass is 500 g/mol. The molecule has 2 fully saturated rings. The van der Waals surface area contributed by atoms with Gasteiger partial charge in [0.15, 0.2) is 5.96 Å². The van der Waals surface area contributed by atoms with Crippen LogP contribution in [-0.2, 0) is 6.54 Å². The maximum Gasteiger partial charge on any atom is 0.191 e. The summed E-state index contributed by atoms with van der Waals surface area (Å²) in [7, 11) is 0. The molecule has 1 aromatic heterocycles. The number of likely N-dealkylation sites (N-methyl/N-ethyl adjacent to an activating group) is 1. The molecule has 3 heterocycles. The third kappa shape index (κ3) is 6.76. The normalized spacial score (nSPS) is 20.7. The highest BCUT2D eigenvalue weighted by atomic mass is 127. The zero-order valence-corrected chi connectivity index (χ0v) is 19.8. The average molecular weight is 500 g/mol. The number of aromatic nitrogens is 1. The Kier molecular flexibility index (Phi) is 10.3. The first-order valence-corrected chi connectivity index (χ1v) is 10.8. The van der Waals surface area contributed by atoms with Crippen LogP contribution in [0.1, 0.15) is 51.5 Å². The van der Waals surface area contributed by atoms with E-state index in [1.165, 1.54) is 44.2 Å². The van der Waals surface area contributed by atoms with E-state index in [2.05, 4.69) is 51.4 Å². The molecule has 6 nitrogen and oxygen atoms in total. The van der Waals surface area contributed by atoms with Gasteiger partial charge in [-0.2, -0.15) is 0 Å². The molecule has 28 heavy (non-hydrogen) atoms. The molecule has 2 N–H and O–H groups in total. The molecule has 0 aromatic carbocycles. The van der Waals surface area contributed by atoms with Crippen molar-refractivity contribution in [3.63, 3.8) is 0 Å². The number of hydrogen-bond acceptors (Lipinski definition) is 4. The van der Waals surface area contributed by atoms with Crippen LogP contribution in [0.5, 0.6) is 0 Å². The second-order valence-electron chi connectivity index (χ2n) is 7.57. The lowest BCUT2D eigenvalue weighted by molar-refractivity contribution is 0.267. The fourth-order valence-corrected chi connectivity index (χ4v) is 4.12. The van der Waals surface area contributed by atoms with E-state index in [4.69, 9.17) is 4.99 Å². The van der Waals surface area contributed by atoms with E-state index in [1.54, 1.807) is 0 Å². The van der Waals surface area contributed by atoms with Gasteiger partial charge in [-0.15, -0.1) is 24.0 Å². The van der Waals surface area contributed by atoms with Crippen molar-refractivity contribution in [1.82, 2.24) is 20.5 Å². The van der Waals surface area contributed by atoms with Gasteiger partial charge in [0.2, 0.25) is 0 Å². The Morgan fingerprint density at radius 2 is 1.96 bits per heavy atom. The van der Waals surface area contributed by atoms with E-state index in [0.717, 1.165) is 44.5 Å². The molecule has 0 aliphatic carbocycles. The van der Waals surface area contributed by atoms with Gasteiger partial charge in [-0.3, -0.25) is 4.90 Å². The first-order valence-electron chi connectivity index (χ1n) is 10.8. The van der Waals surface area contributed by atoms with Gasteiger partial charge in [0.25, 0.3) is 0 Å². The van der Waals surface area contributed by atoms with Gasteiger partial charge in [-0.25, -0.2) is 9.98 Å². The minimum absolute atomic E-state index is 0. The van der Waals surface area contributed by atoms with Crippen LogP contribution in [0.3, 0.4) is 0 Å². The van der Waals surface area contributed by atoms with Crippen LogP contribution >= 0.6 is 24.0 Å². The van der Waals surface area contributed by atoms with Crippen LogP contribution in [-0.4, -0.2) is 61.2 Å². The molecule has 7 heteroatoms. The molecule has 2 aliphatic rings. The van der Waals surface area contributed by atoms with E-state index < -0.39 is 0 Å². The highest BCUT2D eigenvalue weighted by Gasteiger charge is 2.22. The summed E-state index contributed by atoms with van der Waals surface area (Å²) in [6, 6.07) is 4.91. The highest BCUT2D eigenvalue weighted by Crippen LogP contribution is 2.19. The van der Waals surface area contributed by atoms with Crippen molar-refractivity contribution < 1.29 is 0 Å².